The Bertz CT molecular complexity index is 408. The average Bonchev–Trinajstić information content (AvgIpc) is 2.41. The number of carbonyl (C=O) groups excluding carboxylic acids is 1. The Morgan fingerprint density at radius 2 is 2.16 bits per heavy atom. The van der Waals surface area contributed by atoms with Crippen LogP contribution in [-0.2, 0) is 4.79 Å². The summed E-state index contributed by atoms with van der Waals surface area (Å²) in [6.07, 6.45) is 1.12. The maximum absolute atomic E-state index is 11.8. The molecule has 4 nitrogen and oxygen atoms in total. The zero-order valence-electron chi connectivity index (χ0n) is 11.4. The minimum Gasteiger partial charge on any atom is -0.393 e. The average molecular weight is 262 g/mol. The quantitative estimate of drug-likeness (QED) is 0.868. The van der Waals surface area contributed by atoms with Crippen molar-refractivity contribution in [3.05, 3.63) is 30.3 Å². The molecule has 1 fully saturated rings. The number of nitrogens with one attached hydrogen (secondary N) is 1. The summed E-state index contributed by atoms with van der Waals surface area (Å²) in [5.74, 6) is 0.343. The molecule has 1 aliphatic rings. The van der Waals surface area contributed by atoms with Crippen molar-refractivity contribution in [2.45, 2.75) is 25.9 Å². The van der Waals surface area contributed by atoms with Gasteiger partial charge in [0.25, 0.3) is 0 Å². The van der Waals surface area contributed by atoms with Crippen LogP contribution in [0.2, 0.25) is 0 Å². The molecule has 2 rings (SSSR count). The van der Waals surface area contributed by atoms with Gasteiger partial charge in [-0.25, -0.2) is 0 Å². The van der Waals surface area contributed by atoms with Gasteiger partial charge in [0.2, 0.25) is 5.91 Å². The van der Waals surface area contributed by atoms with E-state index in [1.165, 1.54) is 0 Å². The highest BCUT2D eigenvalue weighted by molar-refractivity contribution is 5.90. The van der Waals surface area contributed by atoms with Crippen molar-refractivity contribution in [3.63, 3.8) is 0 Å². The summed E-state index contributed by atoms with van der Waals surface area (Å²) in [5, 5.41) is 12.5. The first-order valence-electron chi connectivity index (χ1n) is 6.90. The van der Waals surface area contributed by atoms with Crippen LogP contribution in [0.25, 0.3) is 0 Å². The number of amides is 1. The predicted molar refractivity (Wildman–Crippen MR) is 75.9 cm³/mol. The summed E-state index contributed by atoms with van der Waals surface area (Å²) in [4.78, 5) is 14.1. The van der Waals surface area contributed by atoms with Gasteiger partial charge in [0.05, 0.1) is 6.10 Å². The van der Waals surface area contributed by atoms with Crippen LogP contribution in [-0.4, -0.2) is 41.7 Å². The van der Waals surface area contributed by atoms with Gasteiger partial charge in [0, 0.05) is 31.7 Å². The van der Waals surface area contributed by atoms with Crippen LogP contribution in [0.3, 0.4) is 0 Å². The van der Waals surface area contributed by atoms with Gasteiger partial charge in [0.1, 0.15) is 0 Å². The minimum absolute atomic E-state index is 0.0463. The zero-order valence-corrected chi connectivity index (χ0v) is 11.4. The Hall–Kier alpha value is -1.39. The second-order valence-electron chi connectivity index (χ2n) is 5.30. The fourth-order valence-electron chi connectivity index (χ4n) is 2.43. The normalized spacial score (nSPS) is 24.1. The van der Waals surface area contributed by atoms with Crippen molar-refractivity contribution < 1.29 is 9.90 Å². The van der Waals surface area contributed by atoms with Gasteiger partial charge in [-0.15, -0.1) is 0 Å². The van der Waals surface area contributed by atoms with Crippen molar-refractivity contribution in [3.8, 4) is 0 Å². The molecule has 0 radical (unpaired) electrons. The number of carbonyl (C=O) groups is 1. The number of benzene rings is 1. The topological polar surface area (TPSA) is 52.6 Å². The van der Waals surface area contributed by atoms with Crippen LogP contribution in [0.5, 0.6) is 0 Å². The van der Waals surface area contributed by atoms with E-state index in [2.05, 4.69) is 17.1 Å². The molecule has 0 spiro atoms. The van der Waals surface area contributed by atoms with Gasteiger partial charge in [-0.05, 0) is 24.5 Å². The van der Waals surface area contributed by atoms with Crippen LogP contribution in [0, 0.1) is 5.92 Å². The Morgan fingerprint density at radius 3 is 2.84 bits per heavy atom. The SMILES string of the molecule is CC1CN(CCC(=O)Nc2ccccc2)CCC1O. The molecule has 1 amide bonds. The lowest BCUT2D eigenvalue weighted by Gasteiger charge is -2.34. The first kappa shape index (κ1) is 14.0. The minimum atomic E-state index is -0.186. The zero-order chi connectivity index (χ0) is 13.7. The molecule has 2 unspecified atom stereocenters. The van der Waals surface area contributed by atoms with Gasteiger partial charge >= 0.3 is 0 Å². The van der Waals surface area contributed by atoms with E-state index in [4.69, 9.17) is 0 Å². The number of hydrogen-bond acceptors (Lipinski definition) is 3. The monoisotopic (exact) mass is 262 g/mol. The number of aliphatic hydroxyl groups excluding tert-OH is 1. The second kappa shape index (κ2) is 6.68. The maximum Gasteiger partial charge on any atom is 0.225 e. The summed E-state index contributed by atoms with van der Waals surface area (Å²) in [6.45, 7) is 4.57. The molecule has 1 aliphatic heterocycles. The maximum atomic E-state index is 11.8. The van der Waals surface area contributed by atoms with Crippen LogP contribution in [0.15, 0.2) is 30.3 Å². The lowest BCUT2D eigenvalue weighted by atomic mass is 9.97. The Morgan fingerprint density at radius 1 is 1.42 bits per heavy atom. The molecule has 1 aromatic rings. The van der Waals surface area contributed by atoms with Crippen molar-refractivity contribution in [2.75, 3.05) is 25.0 Å². The first-order chi connectivity index (χ1) is 9.15. The molecule has 0 saturated carbocycles. The molecule has 4 heteroatoms. The standard InChI is InChI=1S/C15H22N2O2/c1-12-11-17(9-7-14(12)18)10-8-15(19)16-13-5-3-2-4-6-13/h2-6,12,14,18H,7-11H2,1H3,(H,16,19). The first-order valence-corrected chi connectivity index (χ1v) is 6.90. The number of aliphatic hydroxyl groups is 1. The number of piperidine rings is 1. The summed E-state index contributed by atoms with van der Waals surface area (Å²) >= 11 is 0. The number of rotatable bonds is 4. The lowest BCUT2D eigenvalue weighted by molar-refractivity contribution is -0.116. The molecule has 2 N–H and O–H groups in total. The third-order valence-electron chi connectivity index (χ3n) is 3.66. The third kappa shape index (κ3) is 4.33. The van der Waals surface area contributed by atoms with Crippen LogP contribution in [0.1, 0.15) is 19.8 Å². The third-order valence-corrected chi connectivity index (χ3v) is 3.66. The van der Waals surface area contributed by atoms with Crippen molar-refractivity contribution in [1.82, 2.24) is 4.90 Å². The molecule has 0 aliphatic carbocycles. The Labute approximate surface area is 114 Å². The van der Waals surface area contributed by atoms with Gasteiger partial charge < -0.3 is 15.3 Å². The van der Waals surface area contributed by atoms with E-state index in [-0.39, 0.29) is 12.0 Å². The largest absolute Gasteiger partial charge is 0.393 e. The lowest BCUT2D eigenvalue weighted by Crippen LogP contribution is -2.42. The highest BCUT2D eigenvalue weighted by Gasteiger charge is 2.24. The molecular weight excluding hydrogens is 240 g/mol. The molecule has 1 saturated heterocycles. The number of likely N-dealkylation sites (tertiary alicyclic amines) is 1. The summed E-state index contributed by atoms with van der Waals surface area (Å²) in [6, 6.07) is 9.51. The Kier molecular flexibility index (Phi) is 4.93. The fraction of sp³-hybridized carbons (Fsp3) is 0.533. The van der Waals surface area contributed by atoms with Crippen LogP contribution < -0.4 is 5.32 Å². The number of para-hydroxylation sites is 1. The summed E-state index contributed by atoms with van der Waals surface area (Å²) < 4.78 is 0. The second-order valence-corrected chi connectivity index (χ2v) is 5.30. The van der Waals surface area contributed by atoms with Crippen molar-refractivity contribution in [2.24, 2.45) is 5.92 Å². The number of hydrogen-bond donors (Lipinski definition) is 2. The van der Waals surface area contributed by atoms with Crippen molar-refractivity contribution in [1.29, 1.82) is 0 Å². The molecule has 2 atom stereocenters. The molecule has 1 heterocycles. The molecule has 1 aromatic carbocycles. The van der Waals surface area contributed by atoms with E-state index in [0.717, 1.165) is 31.7 Å². The predicted octanol–water partition coefficient (Wildman–Crippen LogP) is 1.72. The number of anilines is 1. The number of nitrogens with zero attached hydrogens (tertiary/aromatic N) is 1. The van der Waals surface area contributed by atoms with Crippen LogP contribution >= 0.6 is 0 Å². The van der Waals surface area contributed by atoms with E-state index < -0.39 is 0 Å². The van der Waals surface area contributed by atoms with Gasteiger partial charge in [-0.3, -0.25) is 4.79 Å². The Balaban J connectivity index is 1.72. The summed E-state index contributed by atoms with van der Waals surface area (Å²) in [7, 11) is 0. The van der Waals surface area contributed by atoms with E-state index in [1.54, 1.807) is 0 Å². The van der Waals surface area contributed by atoms with Gasteiger partial charge in [-0.1, -0.05) is 25.1 Å². The van der Waals surface area contributed by atoms with E-state index in [1.807, 2.05) is 30.3 Å². The molecule has 0 aromatic heterocycles. The van der Waals surface area contributed by atoms with Gasteiger partial charge in [0.15, 0.2) is 0 Å². The van der Waals surface area contributed by atoms with E-state index in [9.17, 15) is 9.90 Å². The smallest absolute Gasteiger partial charge is 0.225 e. The van der Waals surface area contributed by atoms with E-state index >= 15 is 0 Å². The summed E-state index contributed by atoms with van der Waals surface area (Å²) in [5.41, 5.74) is 0.843. The van der Waals surface area contributed by atoms with Gasteiger partial charge in [-0.2, -0.15) is 0 Å². The highest BCUT2D eigenvalue weighted by Crippen LogP contribution is 2.16. The van der Waals surface area contributed by atoms with Crippen LogP contribution in [0.4, 0.5) is 5.69 Å². The molecular formula is C15H22N2O2. The fourth-order valence-corrected chi connectivity index (χ4v) is 2.43. The highest BCUT2D eigenvalue weighted by atomic mass is 16.3. The molecule has 0 bridgehead atoms. The molecule has 104 valence electrons. The molecule has 19 heavy (non-hydrogen) atoms. The van der Waals surface area contributed by atoms with Crippen molar-refractivity contribution >= 4 is 11.6 Å². The van der Waals surface area contributed by atoms with E-state index in [0.29, 0.717) is 12.3 Å².